The van der Waals surface area contributed by atoms with E-state index in [2.05, 4.69) is 17.1 Å². The van der Waals surface area contributed by atoms with E-state index in [9.17, 15) is 9.59 Å². The fourth-order valence-corrected chi connectivity index (χ4v) is 4.53. The topological polar surface area (TPSA) is 53.5 Å². The standard InChI is InChI=1S/C22H23N3O2/c26-21(19-13-16-3-1-2-4-17(16)19)24-9-11-25(12-10-24)22(27)20-14-18(20)15-5-7-23-8-6-15/h1-8,18-20H,9-14H2/t18-,19?,20+/m0/s1. The highest BCUT2D eigenvalue weighted by molar-refractivity contribution is 5.87. The number of benzene rings is 1. The summed E-state index contributed by atoms with van der Waals surface area (Å²) >= 11 is 0. The second-order valence-corrected chi connectivity index (χ2v) is 7.84. The maximum absolute atomic E-state index is 12.8. The van der Waals surface area contributed by atoms with Gasteiger partial charge in [0.15, 0.2) is 0 Å². The van der Waals surface area contributed by atoms with Crippen LogP contribution in [0.4, 0.5) is 0 Å². The van der Waals surface area contributed by atoms with Crippen LogP contribution in [0.2, 0.25) is 0 Å². The van der Waals surface area contributed by atoms with E-state index >= 15 is 0 Å². The smallest absolute Gasteiger partial charge is 0.230 e. The third-order valence-electron chi connectivity index (χ3n) is 6.30. The lowest BCUT2D eigenvalue weighted by molar-refractivity contribution is -0.141. The molecule has 27 heavy (non-hydrogen) atoms. The predicted octanol–water partition coefficient (Wildman–Crippen LogP) is 2.20. The van der Waals surface area contributed by atoms with Crippen LogP contribution in [-0.4, -0.2) is 52.8 Å². The second kappa shape index (κ2) is 6.48. The summed E-state index contributed by atoms with van der Waals surface area (Å²) in [5.74, 6) is 0.933. The van der Waals surface area contributed by atoms with Crippen molar-refractivity contribution in [3.05, 3.63) is 65.5 Å². The zero-order valence-electron chi connectivity index (χ0n) is 15.3. The van der Waals surface area contributed by atoms with Gasteiger partial charge in [-0.25, -0.2) is 0 Å². The number of carbonyl (C=O) groups is 2. The maximum atomic E-state index is 12.8. The van der Waals surface area contributed by atoms with Crippen molar-refractivity contribution >= 4 is 11.8 Å². The Morgan fingerprint density at radius 2 is 1.56 bits per heavy atom. The fourth-order valence-electron chi connectivity index (χ4n) is 4.53. The molecule has 2 fully saturated rings. The highest BCUT2D eigenvalue weighted by Gasteiger charge is 2.46. The summed E-state index contributed by atoms with van der Waals surface area (Å²) in [6.45, 7) is 2.60. The van der Waals surface area contributed by atoms with Crippen molar-refractivity contribution in [2.45, 2.75) is 24.7 Å². The first-order chi connectivity index (χ1) is 13.2. The van der Waals surface area contributed by atoms with Gasteiger partial charge >= 0.3 is 0 Å². The Kier molecular flexibility index (Phi) is 3.96. The number of pyridine rings is 1. The van der Waals surface area contributed by atoms with Crippen LogP contribution in [0.25, 0.3) is 0 Å². The maximum Gasteiger partial charge on any atom is 0.230 e. The molecule has 0 spiro atoms. The molecule has 0 N–H and O–H groups in total. The van der Waals surface area contributed by atoms with Crippen LogP contribution >= 0.6 is 0 Å². The van der Waals surface area contributed by atoms with Crippen molar-refractivity contribution in [1.82, 2.24) is 14.8 Å². The van der Waals surface area contributed by atoms with Crippen LogP contribution in [0.3, 0.4) is 0 Å². The predicted molar refractivity (Wildman–Crippen MR) is 101 cm³/mol. The van der Waals surface area contributed by atoms with Crippen LogP contribution in [0.1, 0.15) is 34.9 Å². The summed E-state index contributed by atoms with van der Waals surface area (Å²) in [6, 6.07) is 12.2. The number of aromatic nitrogens is 1. The number of amides is 2. The molecular weight excluding hydrogens is 338 g/mol. The normalized spacial score (nSPS) is 26.1. The van der Waals surface area contributed by atoms with E-state index in [1.54, 1.807) is 12.4 Å². The minimum absolute atomic E-state index is 0.0166. The minimum atomic E-state index is 0.0166. The molecule has 2 aliphatic carbocycles. The van der Waals surface area contributed by atoms with Crippen LogP contribution < -0.4 is 0 Å². The Bertz CT molecular complexity index is 874. The molecule has 1 aromatic heterocycles. The van der Waals surface area contributed by atoms with Crippen molar-refractivity contribution in [2.75, 3.05) is 26.2 Å². The number of fused-ring (bicyclic) bond motifs is 1. The number of piperazine rings is 1. The van der Waals surface area contributed by atoms with E-state index in [1.165, 1.54) is 16.7 Å². The molecule has 1 saturated carbocycles. The average Bonchev–Trinajstić information content (AvgIpc) is 3.50. The van der Waals surface area contributed by atoms with Crippen LogP contribution in [0, 0.1) is 5.92 Å². The highest BCUT2D eigenvalue weighted by Crippen LogP contribution is 2.48. The molecule has 0 bridgehead atoms. The molecular formula is C22H23N3O2. The summed E-state index contributed by atoms with van der Waals surface area (Å²) in [5, 5.41) is 0. The molecule has 5 nitrogen and oxygen atoms in total. The van der Waals surface area contributed by atoms with Crippen LogP contribution in [-0.2, 0) is 16.0 Å². The molecule has 5 heteroatoms. The zero-order chi connectivity index (χ0) is 18.4. The zero-order valence-corrected chi connectivity index (χ0v) is 15.3. The number of rotatable bonds is 3. The fraction of sp³-hybridized carbons (Fsp3) is 0.409. The Hall–Kier alpha value is -2.69. The van der Waals surface area contributed by atoms with Gasteiger partial charge in [0.1, 0.15) is 0 Å². The molecule has 0 radical (unpaired) electrons. The van der Waals surface area contributed by atoms with Gasteiger partial charge in [-0.3, -0.25) is 14.6 Å². The Labute approximate surface area is 159 Å². The SMILES string of the molecule is O=C(C1Cc2ccccc21)N1CCN(C(=O)[C@@H]2C[C@H]2c2ccncc2)CC1. The summed E-state index contributed by atoms with van der Waals surface area (Å²) in [5.41, 5.74) is 3.68. The Morgan fingerprint density at radius 1 is 0.889 bits per heavy atom. The third-order valence-corrected chi connectivity index (χ3v) is 6.30. The van der Waals surface area contributed by atoms with E-state index in [1.807, 2.05) is 34.1 Å². The molecule has 1 aliphatic heterocycles. The van der Waals surface area contributed by atoms with Gasteiger partial charge in [0.2, 0.25) is 11.8 Å². The molecule has 5 rings (SSSR count). The number of nitrogens with zero attached hydrogens (tertiary/aromatic N) is 3. The Morgan fingerprint density at radius 3 is 2.26 bits per heavy atom. The van der Waals surface area contributed by atoms with Gasteiger partial charge in [-0.15, -0.1) is 0 Å². The van der Waals surface area contributed by atoms with Gasteiger partial charge in [0, 0.05) is 44.5 Å². The van der Waals surface area contributed by atoms with Gasteiger partial charge in [0.05, 0.1) is 5.92 Å². The molecule has 138 valence electrons. The lowest BCUT2D eigenvalue weighted by Gasteiger charge is -2.39. The second-order valence-electron chi connectivity index (χ2n) is 7.84. The van der Waals surface area contributed by atoms with Crippen LogP contribution in [0.15, 0.2) is 48.8 Å². The van der Waals surface area contributed by atoms with E-state index in [0.29, 0.717) is 32.1 Å². The molecule has 1 unspecified atom stereocenters. The number of hydrogen-bond donors (Lipinski definition) is 0. The first-order valence-electron chi connectivity index (χ1n) is 9.77. The van der Waals surface area contributed by atoms with Gasteiger partial charge < -0.3 is 9.80 Å². The van der Waals surface area contributed by atoms with Crippen molar-refractivity contribution in [1.29, 1.82) is 0 Å². The summed E-state index contributed by atoms with van der Waals surface area (Å²) < 4.78 is 0. The monoisotopic (exact) mass is 361 g/mol. The third kappa shape index (κ3) is 2.91. The quantitative estimate of drug-likeness (QED) is 0.842. The Balaban J connectivity index is 1.16. The first-order valence-corrected chi connectivity index (χ1v) is 9.77. The largest absolute Gasteiger partial charge is 0.339 e. The van der Waals surface area contributed by atoms with Crippen LogP contribution in [0.5, 0.6) is 0 Å². The number of hydrogen-bond acceptors (Lipinski definition) is 3. The van der Waals surface area contributed by atoms with Gasteiger partial charge in [-0.2, -0.15) is 0 Å². The van der Waals surface area contributed by atoms with Crippen molar-refractivity contribution in [3.63, 3.8) is 0 Å². The lowest BCUT2D eigenvalue weighted by Crippen LogP contribution is -2.53. The van der Waals surface area contributed by atoms with E-state index in [4.69, 9.17) is 0 Å². The summed E-state index contributed by atoms with van der Waals surface area (Å²) in [7, 11) is 0. The molecule has 2 heterocycles. The molecule has 1 aromatic carbocycles. The van der Waals surface area contributed by atoms with Gasteiger partial charge in [-0.1, -0.05) is 24.3 Å². The van der Waals surface area contributed by atoms with Crippen molar-refractivity contribution < 1.29 is 9.59 Å². The average molecular weight is 361 g/mol. The van der Waals surface area contributed by atoms with Gasteiger partial charge in [-0.05, 0) is 47.6 Å². The molecule has 2 amide bonds. The molecule has 1 saturated heterocycles. The van der Waals surface area contributed by atoms with Crippen molar-refractivity contribution in [2.24, 2.45) is 5.92 Å². The molecule has 3 atom stereocenters. The highest BCUT2D eigenvalue weighted by atomic mass is 16.2. The van der Waals surface area contributed by atoms with E-state index in [0.717, 1.165) is 12.8 Å². The van der Waals surface area contributed by atoms with Crippen molar-refractivity contribution in [3.8, 4) is 0 Å². The summed E-state index contributed by atoms with van der Waals surface area (Å²) in [6.07, 6.45) is 5.36. The van der Waals surface area contributed by atoms with E-state index in [-0.39, 0.29) is 23.7 Å². The number of carbonyl (C=O) groups excluding carboxylic acids is 2. The lowest BCUT2D eigenvalue weighted by atomic mass is 9.77. The summed E-state index contributed by atoms with van der Waals surface area (Å²) in [4.78, 5) is 33.6. The van der Waals surface area contributed by atoms with E-state index < -0.39 is 0 Å². The molecule has 3 aliphatic rings. The first kappa shape index (κ1) is 16.5. The minimum Gasteiger partial charge on any atom is -0.339 e. The van der Waals surface area contributed by atoms with Gasteiger partial charge in [0.25, 0.3) is 0 Å². The molecule has 2 aromatic rings.